The molecular formula is C25H25N7O2. The maximum absolute atomic E-state index is 13.6. The van der Waals surface area contributed by atoms with Crippen LogP contribution < -0.4 is 10.6 Å². The van der Waals surface area contributed by atoms with Crippen LogP contribution in [0.5, 0.6) is 0 Å². The van der Waals surface area contributed by atoms with E-state index in [1.807, 2.05) is 38.2 Å². The Bertz CT molecular complexity index is 1420. The second kappa shape index (κ2) is 7.88. The Morgan fingerprint density at radius 1 is 1.18 bits per heavy atom. The van der Waals surface area contributed by atoms with Crippen LogP contribution >= 0.6 is 0 Å². The number of hydrogen-bond acceptors (Lipinski definition) is 7. The Hall–Kier alpha value is -3.85. The number of amides is 1. The number of benzene rings is 1. The molecule has 1 fully saturated rings. The van der Waals surface area contributed by atoms with E-state index in [1.165, 1.54) is 0 Å². The number of pyridine rings is 1. The van der Waals surface area contributed by atoms with Gasteiger partial charge in [-0.2, -0.15) is 5.10 Å². The van der Waals surface area contributed by atoms with Gasteiger partial charge in [0, 0.05) is 42.4 Å². The summed E-state index contributed by atoms with van der Waals surface area (Å²) < 4.78 is 7.30. The molecule has 4 aromatic rings. The van der Waals surface area contributed by atoms with Gasteiger partial charge in [0.2, 0.25) is 0 Å². The quantitative estimate of drug-likeness (QED) is 0.491. The number of carbonyl (C=O) groups excluding carboxylic acids is 1. The first-order valence-electron chi connectivity index (χ1n) is 11.4. The SMILES string of the molecule is Cc1cc(N(Cc2ccc3c4c(c(N)nc3c2)COC4)C(=O)c2cnc(C3CC3)nc2)n(C)n1. The van der Waals surface area contributed by atoms with Crippen molar-refractivity contribution >= 4 is 28.4 Å². The molecule has 1 aromatic carbocycles. The Morgan fingerprint density at radius 3 is 2.65 bits per heavy atom. The molecule has 1 aliphatic heterocycles. The predicted octanol–water partition coefficient (Wildman–Crippen LogP) is 3.40. The summed E-state index contributed by atoms with van der Waals surface area (Å²) in [6.45, 7) is 3.28. The first kappa shape index (κ1) is 20.7. The van der Waals surface area contributed by atoms with Gasteiger partial charge in [0.25, 0.3) is 5.91 Å². The molecule has 0 atom stereocenters. The Labute approximate surface area is 196 Å². The number of ether oxygens (including phenoxy) is 1. The predicted molar refractivity (Wildman–Crippen MR) is 127 cm³/mol. The molecule has 172 valence electrons. The zero-order valence-electron chi connectivity index (χ0n) is 19.2. The molecular weight excluding hydrogens is 430 g/mol. The average Bonchev–Trinajstić information content (AvgIpc) is 3.46. The van der Waals surface area contributed by atoms with E-state index < -0.39 is 0 Å². The second-order valence-corrected chi connectivity index (χ2v) is 9.06. The largest absolute Gasteiger partial charge is 0.383 e. The van der Waals surface area contributed by atoms with Crippen LogP contribution in [0.2, 0.25) is 0 Å². The minimum absolute atomic E-state index is 0.180. The van der Waals surface area contributed by atoms with Gasteiger partial charge in [0.05, 0.1) is 36.5 Å². The maximum atomic E-state index is 13.6. The van der Waals surface area contributed by atoms with Crippen LogP contribution in [0.4, 0.5) is 11.6 Å². The number of anilines is 2. The second-order valence-electron chi connectivity index (χ2n) is 9.06. The van der Waals surface area contributed by atoms with E-state index in [1.54, 1.807) is 22.0 Å². The number of fused-ring (bicyclic) bond motifs is 3. The van der Waals surface area contributed by atoms with Crippen molar-refractivity contribution in [3.05, 3.63) is 70.4 Å². The van der Waals surface area contributed by atoms with Crippen molar-refractivity contribution in [1.82, 2.24) is 24.7 Å². The summed E-state index contributed by atoms with van der Waals surface area (Å²) in [5, 5.41) is 5.48. The molecule has 1 aliphatic carbocycles. The molecule has 2 aliphatic rings. The monoisotopic (exact) mass is 455 g/mol. The smallest absolute Gasteiger partial charge is 0.262 e. The van der Waals surface area contributed by atoms with Crippen LogP contribution in [0.1, 0.15) is 57.3 Å². The van der Waals surface area contributed by atoms with Crippen LogP contribution in [-0.4, -0.2) is 30.6 Å². The highest BCUT2D eigenvalue weighted by Gasteiger charge is 2.28. The molecule has 0 saturated heterocycles. The van der Waals surface area contributed by atoms with Gasteiger partial charge in [0.1, 0.15) is 17.5 Å². The molecule has 1 amide bonds. The Morgan fingerprint density at radius 2 is 1.94 bits per heavy atom. The van der Waals surface area contributed by atoms with Gasteiger partial charge in [-0.1, -0.05) is 12.1 Å². The fraction of sp³-hybridized carbons (Fsp3) is 0.320. The molecule has 0 bridgehead atoms. The van der Waals surface area contributed by atoms with E-state index >= 15 is 0 Å². The van der Waals surface area contributed by atoms with Gasteiger partial charge in [-0.05, 0) is 37.0 Å². The van der Waals surface area contributed by atoms with Gasteiger partial charge in [-0.15, -0.1) is 0 Å². The average molecular weight is 456 g/mol. The van der Waals surface area contributed by atoms with Gasteiger partial charge in [0.15, 0.2) is 0 Å². The minimum Gasteiger partial charge on any atom is -0.383 e. The van der Waals surface area contributed by atoms with E-state index in [0.29, 0.717) is 42.9 Å². The molecule has 9 nitrogen and oxygen atoms in total. The number of aromatic nitrogens is 5. The van der Waals surface area contributed by atoms with E-state index in [0.717, 1.165) is 52.0 Å². The molecule has 34 heavy (non-hydrogen) atoms. The number of nitrogens with zero attached hydrogens (tertiary/aromatic N) is 6. The molecule has 6 rings (SSSR count). The van der Waals surface area contributed by atoms with Crippen molar-refractivity contribution in [1.29, 1.82) is 0 Å². The van der Waals surface area contributed by atoms with Crippen molar-refractivity contribution in [3.63, 3.8) is 0 Å². The summed E-state index contributed by atoms with van der Waals surface area (Å²) in [6, 6.07) is 7.95. The number of nitrogen functional groups attached to an aromatic ring is 1. The van der Waals surface area contributed by atoms with E-state index in [-0.39, 0.29) is 5.91 Å². The number of aryl methyl sites for hydroxylation is 2. The number of carbonyl (C=O) groups is 1. The topological polar surface area (TPSA) is 112 Å². The standard InChI is InChI=1S/C25H25N7O2/c1-14-7-22(31(2)30-14)32(25(33)17-9-27-24(28-10-17)16-4-5-16)11-15-3-6-18-19-12-34-13-20(19)23(26)29-21(18)8-15/h3,6-10,16H,4-5,11-13H2,1-2H3,(H2,26,29). The van der Waals surface area contributed by atoms with Crippen molar-refractivity contribution in [2.45, 2.75) is 45.4 Å². The van der Waals surface area contributed by atoms with Crippen molar-refractivity contribution in [2.75, 3.05) is 10.6 Å². The summed E-state index contributed by atoms with van der Waals surface area (Å²) >= 11 is 0. The number of rotatable bonds is 5. The van der Waals surface area contributed by atoms with E-state index in [2.05, 4.69) is 20.1 Å². The van der Waals surface area contributed by atoms with E-state index in [4.69, 9.17) is 10.5 Å². The first-order chi connectivity index (χ1) is 16.5. The minimum atomic E-state index is -0.180. The van der Waals surface area contributed by atoms with Crippen LogP contribution in [0.3, 0.4) is 0 Å². The third-order valence-electron chi connectivity index (χ3n) is 6.50. The highest BCUT2D eigenvalue weighted by molar-refractivity contribution is 6.05. The van der Waals surface area contributed by atoms with Gasteiger partial charge in [-0.3, -0.25) is 14.4 Å². The lowest BCUT2D eigenvalue weighted by Gasteiger charge is -2.23. The molecule has 9 heteroatoms. The molecule has 0 radical (unpaired) electrons. The summed E-state index contributed by atoms with van der Waals surface area (Å²) in [4.78, 5) is 28.8. The summed E-state index contributed by atoms with van der Waals surface area (Å²) in [5.41, 5.74) is 11.3. The van der Waals surface area contributed by atoms with Crippen LogP contribution in [0.15, 0.2) is 36.7 Å². The Balaban J connectivity index is 1.37. The van der Waals surface area contributed by atoms with E-state index in [9.17, 15) is 4.79 Å². The lowest BCUT2D eigenvalue weighted by Crippen LogP contribution is -2.32. The summed E-state index contributed by atoms with van der Waals surface area (Å²) in [7, 11) is 1.83. The molecule has 4 heterocycles. The van der Waals surface area contributed by atoms with Crippen LogP contribution in [-0.2, 0) is 31.5 Å². The molecule has 1 saturated carbocycles. The fourth-order valence-corrected chi connectivity index (χ4v) is 4.56. The third-order valence-corrected chi connectivity index (χ3v) is 6.50. The first-order valence-corrected chi connectivity index (χ1v) is 11.4. The highest BCUT2D eigenvalue weighted by atomic mass is 16.5. The van der Waals surface area contributed by atoms with Crippen molar-refractivity contribution in [3.8, 4) is 0 Å². The lowest BCUT2D eigenvalue weighted by atomic mass is 10.0. The Kier molecular flexibility index (Phi) is 4.80. The zero-order chi connectivity index (χ0) is 23.4. The van der Waals surface area contributed by atoms with Crippen LogP contribution in [0.25, 0.3) is 10.9 Å². The van der Waals surface area contributed by atoms with Crippen molar-refractivity contribution < 1.29 is 9.53 Å². The van der Waals surface area contributed by atoms with Gasteiger partial charge in [-0.25, -0.2) is 15.0 Å². The third kappa shape index (κ3) is 3.58. The summed E-state index contributed by atoms with van der Waals surface area (Å²) in [5.74, 6) is 2.27. The molecule has 0 spiro atoms. The fourth-order valence-electron chi connectivity index (χ4n) is 4.56. The van der Waals surface area contributed by atoms with Crippen molar-refractivity contribution in [2.24, 2.45) is 7.05 Å². The molecule has 2 N–H and O–H groups in total. The normalized spacial score (nSPS) is 15.0. The number of hydrogen-bond donors (Lipinski definition) is 1. The summed E-state index contributed by atoms with van der Waals surface area (Å²) in [6.07, 6.45) is 5.49. The maximum Gasteiger partial charge on any atom is 0.262 e. The highest BCUT2D eigenvalue weighted by Crippen LogP contribution is 2.37. The molecule has 3 aromatic heterocycles. The number of nitrogens with two attached hydrogens (primary N) is 1. The lowest BCUT2D eigenvalue weighted by molar-refractivity contribution is 0.0982. The van der Waals surface area contributed by atoms with Gasteiger partial charge >= 0.3 is 0 Å². The van der Waals surface area contributed by atoms with Crippen LogP contribution in [0, 0.1) is 6.92 Å². The zero-order valence-corrected chi connectivity index (χ0v) is 19.2. The van der Waals surface area contributed by atoms with Gasteiger partial charge < -0.3 is 10.5 Å². The molecule has 0 unspecified atom stereocenters.